The van der Waals surface area contributed by atoms with E-state index >= 15 is 0 Å². The molecule has 1 heterocycles. The van der Waals surface area contributed by atoms with Gasteiger partial charge in [0.05, 0.1) is 11.3 Å². The van der Waals surface area contributed by atoms with Gasteiger partial charge < -0.3 is 19.9 Å². The molecule has 2 amide bonds. The van der Waals surface area contributed by atoms with Crippen LogP contribution in [0.3, 0.4) is 0 Å². The van der Waals surface area contributed by atoms with Crippen LogP contribution < -0.4 is 15.4 Å². The lowest BCUT2D eigenvalue weighted by Crippen LogP contribution is -2.22. The number of hydrogen-bond acceptors (Lipinski definition) is 5. The second-order valence-electron chi connectivity index (χ2n) is 5.97. The van der Waals surface area contributed by atoms with Crippen molar-refractivity contribution >= 4 is 23.3 Å². The first-order valence-electron chi connectivity index (χ1n) is 8.34. The summed E-state index contributed by atoms with van der Waals surface area (Å²) in [6.07, 6.45) is 0. The van der Waals surface area contributed by atoms with Gasteiger partial charge in [0.1, 0.15) is 11.5 Å². The van der Waals surface area contributed by atoms with E-state index in [0.29, 0.717) is 28.6 Å². The molecule has 138 valence electrons. The van der Waals surface area contributed by atoms with Crippen molar-refractivity contribution in [3.63, 3.8) is 0 Å². The van der Waals surface area contributed by atoms with Crippen LogP contribution in [0.4, 0.5) is 11.5 Å². The number of rotatable bonds is 6. The van der Waals surface area contributed by atoms with E-state index in [1.54, 1.807) is 49.4 Å². The molecule has 0 aliphatic heterocycles. The average molecular weight is 365 g/mol. The van der Waals surface area contributed by atoms with E-state index in [4.69, 9.17) is 9.26 Å². The summed E-state index contributed by atoms with van der Waals surface area (Å²) in [5.41, 5.74) is 1.80. The summed E-state index contributed by atoms with van der Waals surface area (Å²) in [7, 11) is 0. The lowest BCUT2D eigenvalue weighted by molar-refractivity contribution is -0.118. The number of aromatic nitrogens is 1. The second kappa shape index (κ2) is 8.18. The molecule has 0 saturated heterocycles. The van der Waals surface area contributed by atoms with Crippen molar-refractivity contribution in [1.82, 2.24) is 5.16 Å². The van der Waals surface area contributed by atoms with Crippen molar-refractivity contribution < 1.29 is 18.8 Å². The quantitative estimate of drug-likeness (QED) is 0.697. The van der Waals surface area contributed by atoms with Gasteiger partial charge in [0.2, 0.25) is 0 Å². The number of amides is 2. The summed E-state index contributed by atoms with van der Waals surface area (Å²) in [5.74, 6) is 0.719. The molecule has 0 aliphatic carbocycles. The van der Waals surface area contributed by atoms with Crippen LogP contribution in [-0.4, -0.2) is 23.6 Å². The van der Waals surface area contributed by atoms with Crippen molar-refractivity contribution in [3.8, 4) is 5.75 Å². The van der Waals surface area contributed by atoms with Gasteiger partial charge in [-0.05, 0) is 38.1 Å². The number of carbonyl (C=O) groups is 2. The van der Waals surface area contributed by atoms with Gasteiger partial charge in [-0.3, -0.25) is 9.59 Å². The maximum absolute atomic E-state index is 12.5. The Bertz CT molecular complexity index is 948. The van der Waals surface area contributed by atoms with Crippen molar-refractivity contribution in [2.24, 2.45) is 0 Å². The third kappa shape index (κ3) is 4.94. The van der Waals surface area contributed by atoms with Crippen LogP contribution in [-0.2, 0) is 4.79 Å². The van der Waals surface area contributed by atoms with Crippen LogP contribution in [0.5, 0.6) is 5.75 Å². The summed E-state index contributed by atoms with van der Waals surface area (Å²) in [5, 5.41) is 9.05. The fourth-order valence-corrected chi connectivity index (χ4v) is 2.37. The summed E-state index contributed by atoms with van der Waals surface area (Å²) in [6.45, 7) is 3.53. The summed E-state index contributed by atoms with van der Waals surface area (Å²) >= 11 is 0. The lowest BCUT2D eigenvalue weighted by atomic mass is 10.1. The Morgan fingerprint density at radius 1 is 1.04 bits per heavy atom. The maximum atomic E-state index is 12.5. The van der Waals surface area contributed by atoms with Gasteiger partial charge in [-0.1, -0.05) is 35.0 Å². The zero-order valence-corrected chi connectivity index (χ0v) is 15.0. The van der Waals surface area contributed by atoms with E-state index in [2.05, 4.69) is 15.8 Å². The smallest absolute Gasteiger partial charge is 0.262 e. The number of nitrogens with zero attached hydrogens (tertiary/aromatic N) is 1. The standard InChI is InChI=1S/C20H19N3O4/c1-13-7-9-15(10-8-13)26-12-19(24)21-17-6-4-3-5-16(17)20(25)22-18-11-14(2)27-23-18/h3-11H,12H2,1-2H3,(H,21,24)(H,22,23,25). The van der Waals surface area contributed by atoms with Gasteiger partial charge in [-0.15, -0.1) is 0 Å². The average Bonchev–Trinajstić information content (AvgIpc) is 3.06. The molecule has 0 unspecified atom stereocenters. The van der Waals surface area contributed by atoms with E-state index in [0.717, 1.165) is 5.56 Å². The molecule has 1 aromatic heterocycles. The van der Waals surface area contributed by atoms with Gasteiger partial charge in [0, 0.05) is 6.07 Å². The van der Waals surface area contributed by atoms with E-state index in [-0.39, 0.29) is 12.5 Å². The van der Waals surface area contributed by atoms with Crippen molar-refractivity contribution in [2.45, 2.75) is 13.8 Å². The zero-order chi connectivity index (χ0) is 19.2. The Labute approximate surface area is 156 Å². The Morgan fingerprint density at radius 2 is 1.78 bits per heavy atom. The van der Waals surface area contributed by atoms with Gasteiger partial charge in [-0.25, -0.2) is 0 Å². The van der Waals surface area contributed by atoms with Crippen molar-refractivity contribution in [1.29, 1.82) is 0 Å². The number of ether oxygens (including phenoxy) is 1. The Hall–Kier alpha value is -3.61. The van der Waals surface area contributed by atoms with Crippen molar-refractivity contribution in [2.75, 3.05) is 17.2 Å². The number of aryl methyl sites for hydroxylation is 2. The Morgan fingerprint density at radius 3 is 2.48 bits per heavy atom. The molecule has 0 spiro atoms. The Balaban J connectivity index is 1.63. The minimum absolute atomic E-state index is 0.165. The third-order valence-electron chi connectivity index (χ3n) is 3.71. The minimum atomic E-state index is -0.404. The van der Waals surface area contributed by atoms with Gasteiger partial charge in [0.25, 0.3) is 11.8 Å². The van der Waals surface area contributed by atoms with Crippen LogP contribution in [0.1, 0.15) is 21.7 Å². The molecule has 2 aromatic carbocycles. The van der Waals surface area contributed by atoms with Gasteiger partial charge in [-0.2, -0.15) is 0 Å². The molecule has 2 N–H and O–H groups in total. The van der Waals surface area contributed by atoms with Crippen LogP contribution in [0.15, 0.2) is 59.1 Å². The fraction of sp³-hybridized carbons (Fsp3) is 0.150. The van der Waals surface area contributed by atoms with Crippen LogP contribution in [0.25, 0.3) is 0 Å². The van der Waals surface area contributed by atoms with Crippen LogP contribution in [0.2, 0.25) is 0 Å². The predicted octanol–water partition coefficient (Wildman–Crippen LogP) is 3.56. The van der Waals surface area contributed by atoms with E-state index in [9.17, 15) is 9.59 Å². The summed E-state index contributed by atoms with van der Waals surface area (Å²) in [4.78, 5) is 24.7. The molecule has 0 atom stereocenters. The molecule has 0 fully saturated rings. The highest BCUT2D eigenvalue weighted by molar-refractivity contribution is 6.09. The van der Waals surface area contributed by atoms with Crippen LogP contribution in [0, 0.1) is 13.8 Å². The first-order chi connectivity index (χ1) is 13.0. The molecule has 0 saturated carbocycles. The van der Waals surface area contributed by atoms with E-state index in [1.807, 2.05) is 19.1 Å². The highest BCUT2D eigenvalue weighted by atomic mass is 16.5. The minimum Gasteiger partial charge on any atom is -0.484 e. The normalized spacial score (nSPS) is 10.3. The molecule has 7 heteroatoms. The molecule has 0 bridgehead atoms. The predicted molar refractivity (Wildman–Crippen MR) is 101 cm³/mol. The third-order valence-corrected chi connectivity index (χ3v) is 3.71. The van der Waals surface area contributed by atoms with E-state index < -0.39 is 5.91 Å². The number of nitrogens with one attached hydrogen (secondary N) is 2. The van der Waals surface area contributed by atoms with E-state index in [1.165, 1.54) is 0 Å². The highest BCUT2D eigenvalue weighted by Crippen LogP contribution is 2.18. The van der Waals surface area contributed by atoms with Gasteiger partial charge >= 0.3 is 0 Å². The molecule has 3 aromatic rings. The molecule has 7 nitrogen and oxygen atoms in total. The first-order valence-corrected chi connectivity index (χ1v) is 8.34. The second-order valence-corrected chi connectivity index (χ2v) is 5.97. The van der Waals surface area contributed by atoms with Crippen LogP contribution >= 0.6 is 0 Å². The lowest BCUT2D eigenvalue weighted by Gasteiger charge is -2.11. The molecule has 27 heavy (non-hydrogen) atoms. The number of benzene rings is 2. The zero-order valence-electron chi connectivity index (χ0n) is 15.0. The number of anilines is 2. The van der Waals surface area contributed by atoms with Crippen molar-refractivity contribution in [3.05, 3.63) is 71.5 Å². The molecule has 0 radical (unpaired) electrons. The largest absolute Gasteiger partial charge is 0.484 e. The highest BCUT2D eigenvalue weighted by Gasteiger charge is 2.15. The Kier molecular flexibility index (Phi) is 5.51. The topological polar surface area (TPSA) is 93.5 Å². The summed E-state index contributed by atoms with van der Waals surface area (Å²) < 4.78 is 10.4. The molecule has 3 rings (SSSR count). The fourth-order valence-electron chi connectivity index (χ4n) is 2.37. The molecular weight excluding hydrogens is 346 g/mol. The SMILES string of the molecule is Cc1ccc(OCC(=O)Nc2ccccc2C(=O)Nc2cc(C)on2)cc1. The van der Waals surface area contributed by atoms with Gasteiger partial charge in [0.15, 0.2) is 12.4 Å². The monoisotopic (exact) mass is 365 g/mol. The summed E-state index contributed by atoms with van der Waals surface area (Å²) in [6, 6.07) is 15.7. The molecule has 0 aliphatic rings. The maximum Gasteiger partial charge on any atom is 0.262 e. The number of hydrogen-bond donors (Lipinski definition) is 2. The number of carbonyl (C=O) groups excluding carboxylic acids is 2. The molecular formula is C20H19N3O4. The number of para-hydroxylation sites is 1. The first kappa shape index (κ1) is 18.2.